The summed E-state index contributed by atoms with van der Waals surface area (Å²) in [5, 5.41) is 29.3. The van der Waals surface area contributed by atoms with Crippen molar-refractivity contribution < 1.29 is 35.3 Å². The number of hydrogen-bond donors (Lipinski definition) is 3. The number of quaternary nitrogens is 1. The molecule has 3 atom stereocenters. The van der Waals surface area contributed by atoms with Crippen LogP contribution < -0.4 is 10.8 Å². The van der Waals surface area contributed by atoms with Crippen molar-refractivity contribution in [3.8, 4) is 0 Å². The molecule has 0 aromatic heterocycles. The Hall–Kier alpha value is -3.07. The molecule has 0 bridgehead atoms. The fourth-order valence-electron chi connectivity index (χ4n) is 2.98. The van der Waals surface area contributed by atoms with Gasteiger partial charge in [0.1, 0.15) is 18.2 Å². The topological polar surface area (TPSA) is 127 Å². The van der Waals surface area contributed by atoms with Crippen LogP contribution in [0.3, 0.4) is 0 Å². The zero-order valence-corrected chi connectivity index (χ0v) is 18.5. The highest BCUT2D eigenvalue weighted by Crippen LogP contribution is 2.24. The van der Waals surface area contributed by atoms with Gasteiger partial charge in [-0.25, -0.2) is 0 Å². The molecule has 3 aromatic rings. The van der Waals surface area contributed by atoms with Crippen molar-refractivity contribution in [1.29, 1.82) is 0 Å². The van der Waals surface area contributed by atoms with E-state index in [9.17, 15) is 15.0 Å². The Kier molecular flexibility index (Phi) is 11.8. The molecule has 33 heavy (non-hydrogen) atoms. The molecule has 1 fully saturated rings. The molecule has 3 aromatic carbocycles. The molecule has 0 amide bonds. The van der Waals surface area contributed by atoms with E-state index < -0.39 is 18.2 Å². The van der Waals surface area contributed by atoms with Gasteiger partial charge in [0.2, 0.25) is 0 Å². The number of ether oxygens (including phenoxy) is 2. The van der Waals surface area contributed by atoms with Gasteiger partial charge in [-0.2, -0.15) is 0 Å². The lowest BCUT2D eigenvalue weighted by Crippen LogP contribution is -2.56. The fraction of sp³-hybridized carbons (Fsp3) is 0.269. The summed E-state index contributed by atoms with van der Waals surface area (Å²) in [6.07, 6.45) is -2.07. The number of aliphatic hydroxyl groups is 2. The Labute approximate surface area is 194 Å². The average molecular weight is 454 g/mol. The van der Waals surface area contributed by atoms with Gasteiger partial charge in [0.15, 0.2) is 0 Å². The van der Waals surface area contributed by atoms with Crippen LogP contribution in [-0.2, 0) is 14.3 Å². The summed E-state index contributed by atoms with van der Waals surface area (Å²) in [6, 6.07) is 27.5. The van der Waals surface area contributed by atoms with Crippen molar-refractivity contribution in [2.45, 2.75) is 18.2 Å². The fourth-order valence-corrected chi connectivity index (χ4v) is 2.98. The first kappa shape index (κ1) is 26.2. The Morgan fingerprint density at radius 2 is 1.06 bits per heavy atom. The SMILES string of the molecule is C1COCCO1.O=C([O-])[C@@H](O)c1ccccc1.[NH3+][C@@H](c1ccccc1)[C@H](O)c1ccccc1. The number of carbonyl (C=O) groups excluding carboxylic acids is 1. The average Bonchev–Trinajstić information content (AvgIpc) is 2.90. The van der Waals surface area contributed by atoms with E-state index in [-0.39, 0.29) is 6.04 Å². The van der Waals surface area contributed by atoms with Gasteiger partial charge in [0.25, 0.3) is 0 Å². The van der Waals surface area contributed by atoms with E-state index in [1.165, 1.54) is 12.1 Å². The third-order valence-corrected chi connectivity index (χ3v) is 4.83. The molecule has 0 aliphatic carbocycles. The second-order valence-corrected chi connectivity index (χ2v) is 7.23. The third kappa shape index (κ3) is 9.53. The highest BCUT2D eigenvalue weighted by Gasteiger charge is 2.21. The molecule has 1 aliphatic rings. The number of carboxylic acid groups (broad SMARTS) is 1. The molecule has 7 heteroatoms. The highest BCUT2D eigenvalue weighted by atomic mass is 16.6. The van der Waals surface area contributed by atoms with Crippen LogP contribution in [0.25, 0.3) is 0 Å². The zero-order valence-electron chi connectivity index (χ0n) is 18.5. The lowest BCUT2D eigenvalue weighted by molar-refractivity contribution is -0.446. The number of carbonyl (C=O) groups is 1. The monoisotopic (exact) mass is 453 g/mol. The maximum atomic E-state index is 10.2. The maximum absolute atomic E-state index is 10.2. The normalized spacial score (nSPS) is 15.5. The Morgan fingerprint density at radius 1 is 0.697 bits per heavy atom. The molecule has 0 unspecified atom stereocenters. The molecule has 0 saturated carbocycles. The predicted molar refractivity (Wildman–Crippen MR) is 122 cm³/mol. The number of aliphatic carboxylic acids is 1. The van der Waals surface area contributed by atoms with E-state index in [0.29, 0.717) is 5.56 Å². The minimum absolute atomic E-state index is 0.136. The summed E-state index contributed by atoms with van der Waals surface area (Å²) >= 11 is 0. The first-order valence-electron chi connectivity index (χ1n) is 10.7. The second-order valence-electron chi connectivity index (χ2n) is 7.23. The summed E-state index contributed by atoms with van der Waals surface area (Å²) in [6.45, 7) is 3.11. The highest BCUT2D eigenvalue weighted by molar-refractivity contribution is 5.71. The number of carboxylic acids is 1. The summed E-state index contributed by atoms with van der Waals surface area (Å²) < 4.78 is 9.89. The van der Waals surface area contributed by atoms with Gasteiger partial charge in [-0.3, -0.25) is 0 Å². The van der Waals surface area contributed by atoms with Gasteiger partial charge in [0.05, 0.1) is 32.4 Å². The number of benzene rings is 3. The Bertz CT molecular complexity index is 849. The minimum Gasteiger partial charge on any atom is -0.547 e. The van der Waals surface area contributed by atoms with Gasteiger partial charge >= 0.3 is 0 Å². The standard InChI is InChI=1S/C14H15NO.C8H8O3.C4H8O2/c15-13(11-7-3-1-4-8-11)14(16)12-9-5-2-6-10-12;9-7(8(10)11)6-4-2-1-3-5-6;1-2-6-4-3-5-1/h1-10,13-14,16H,15H2;1-5,7,9H,(H,10,11);1-4H2/t13-,14+;7-;/m00./s1. The molecule has 0 spiro atoms. The number of hydrogen-bond acceptors (Lipinski definition) is 6. The molecular formula is C26H31NO6. The second kappa shape index (κ2) is 14.9. The molecule has 5 N–H and O–H groups in total. The molecule has 1 saturated heterocycles. The lowest BCUT2D eigenvalue weighted by Gasteiger charge is -2.16. The largest absolute Gasteiger partial charge is 0.547 e. The molecule has 0 radical (unpaired) electrons. The lowest BCUT2D eigenvalue weighted by atomic mass is 9.97. The van der Waals surface area contributed by atoms with E-state index in [2.05, 4.69) is 5.73 Å². The van der Waals surface area contributed by atoms with Crippen molar-refractivity contribution >= 4 is 5.97 Å². The zero-order chi connectivity index (χ0) is 23.9. The van der Waals surface area contributed by atoms with E-state index in [1.807, 2.05) is 60.7 Å². The van der Waals surface area contributed by atoms with Crippen LogP contribution in [0.5, 0.6) is 0 Å². The minimum atomic E-state index is -1.52. The molecule has 1 heterocycles. The Balaban J connectivity index is 0.000000195. The van der Waals surface area contributed by atoms with E-state index in [0.717, 1.165) is 37.6 Å². The van der Waals surface area contributed by atoms with Crippen LogP contribution in [0.4, 0.5) is 0 Å². The quantitative estimate of drug-likeness (QED) is 0.533. The predicted octanol–water partition coefficient (Wildman–Crippen LogP) is 1.21. The van der Waals surface area contributed by atoms with Gasteiger partial charge in [0, 0.05) is 5.56 Å². The van der Waals surface area contributed by atoms with E-state index in [4.69, 9.17) is 14.6 Å². The summed E-state index contributed by atoms with van der Waals surface area (Å²) in [5.41, 5.74) is 6.34. The van der Waals surface area contributed by atoms with E-state index >= 15 is 0 Å². The Morgan fingerprint density at radius 3 is 1.42 bits per heavy atom. The van der Waals surface area contributed by atoms with Gasteiger partial charge in [-0.15, -0.1) is 0 Å². The van der Waals surface area contributed by atoms with Crippen LogP contribution in [0.15, 0.2) is 91.0 Å². The van der Waals surface area contributed by atoms with Crippen LogP contribution in [-0.4, -0.2) is 42.6 Å². The van der Waals surface area contributed by atoms with Crippen molar-refractivity contribution in [3.05, 3.63) is 108 Å². The summed E-state index contributed by atoms with van der Waals surface area (Å²) in [4.78, 5) is 10.1. The molecule has 176 valence electrons. The van der Waals surface area contributed by atoms with Crippen LogP contribution >= 0.6 is 0 Å². The summed E-state index contributed by atoms with van der Waals surface area (Å²) in [7, 11) is 0. The van der Waals surface area contributed by atoms with Crippen molar-refractivity contribution in [1.82, 2.24) is 0 Å². The van der Waals surface area contributed by atoms with Gasteiger partial charge < -0.3 is 35.3 Å². The smallest absolute Gasteiger partial charge is 0.140 e. The third-order valence-electron chi connectivity index (χ3n) is 4.83. The number of aliphatic hydroxyl groups excluding tert-OH is 2. The van der Waals surface area contributed by atoms with Gasteiger partial charge in [-0.1, -0.05) is 91.0 Å². The van der Waals surface area contributed by atoms with Gasteiger partial charge in [-0.05, 0) is 11.1 Å². The van der Waals surface area contributed by atoms with Crippen molar-refractivity contribution in [3.63, 3.8) is 0 Å². The summed E-state index contributed by atoms with van der Waals surface area (Å²) in [5.74, 6) is -1.48. The molecule has 1 aliphatic heterocycles. The van der Waals surface area contributed by atoms with E-state index in [1.54, 1.807) is 18.2 Å². The first-order valence-corrected chi connectivity index (χ1v) is 10.7. The van der Waals surface area contributed by atoms with Crippen LogP contribution in [0, 0.1) is 0 Å². The van der Waals surface area contributed by atoms with Crippen LogP contribution in [0.2, 0.25) is 0 Å². The maximum Gasteiger partial charge on any atom is 0.140 e. The van der Waals surface area contributed by atoms with Crippen molar-refractivity contribution in [2.24, 2.45) is 0 Å². The number of rotatable bonds is 5. The molecular weight excluding hydrogens is 422 g/mol. The molecule has 7 nitrogen and oxygen atoms in total. The van der Waals surface area contributed by atoms with Crippen molar-refractivity contribution in [2.75, 3.05) is 26.4 Å². The van der Waals surface area contributed by atoms with Crippen LogP contribution in [0.1, 0.15) is 34.9 Å². The molecule has 4 rings (SSSR count). The first-order chi connectivity index (χ1) is 16.0.